The van der Waals surface area contributed by atoms with Crippen LogP contribution >= 0.6 is 0 Å². The number of aliphatic hydroxyl groups is 2. The van der Waals surface area contributed by atoms with Crippen LogP contribution in [0.5, 0.6) is 0 Å². The quantitative estimate of drug-likeness (QED) is 0.0245. The second kappa shape index (κ2) is 48.6. The van der Waals surface area contributed by atoms with Crippen LogP contribution in [0.3, 0.4) is 0 Å². The first-order chi connectivity index (χ1) is 30.0. The maximum absolute atomic E-state index is 13.2. The van der Waals surface area contributed by atoms with Gasteiger partial charge in [0.05, 0.1) is 25.2 Å². The molecule has 3 unspecified atom stereocenters. The van der Waals surface area contributed by atoms with Gasteiger partial charge in [-0.05, 0) is 70.6 Å². The van der Waals surface area contributed by atoms with Crippen molar-refractivity contribution < 1.29 is 24.5 Å². The van der Waals surface area contributed by atoms with Crippen LogP contribution in [-0.4, -0.2) is 46.9 Å². The zero-order valence-corrected chi connectivity index (χ0v) is 40.3. The SMILES string of the molecule is CC/C=C/C=C/C=C/C=C\CCCCCC(CC(=O)NC(CO)C(O)CCCCCCCCCCCCCCCCCCC)OC(=O)CCCCCCC/C=C\CCCCC. The van der Waals surface area contributed by atoms with E-state index in [2.05, 4.69) is 62.5 Å². The minimum atomic E-state index is -0.801. The first-order valence-electron chi connectivity index (χ1n) is 26.1. The summed E-state index contributed by atoms with van der Waals surface area (Å²) >= 11 is 0. The average molecular weight is 854 g/mol. The lowest BCUT2D eigenvalue weighted by Gasteiger charge is -2.24. The van der Waals surface area contributed by atoms with Crippen molar-refractivity contribution in [3.63, 3.8) is 0 Å². The number of rotatable bonds is 46. The van der Waals surface area contributed by atoms with E-state index in [0.717, 1.165) is 77.0 Å². The van der Waals surface area contributed by atoms with Crippen molar-refractivity contribution >= 4 is 11.9 Å². The fourth-order valence-electron chi connectivity index (χ4n) is 7.73. The lowest BCUT2D eigenvalue weighted by atomic mass is 10.0. The normalized spacial score (nSPS) is 13.7. The number of unbranched alkanes of at least 4 members (excludes halogenated alkanes) is 27. The molecule has 0 bridgehead atoms. The van der Waals surface area contributed by atoms with E-state index in [0.29, 0.717) is 19.3 Å². The fraction of sp³-hybridized carbons (Fsp3) is 0.782. The molecule has 0 fully saturated rings. The van der Waals surface area contributed by atoms with Gasteiger partial charge in [0.2, 0.25) is 5.91 Å². The van der Waals surface area contributed by atoms with Gasteiger partial charge in [-0.2, -0.15) is 0 Å². The van der Waals surface area contributed by atoms with Gasteiger partial charge >= 0.3 is 5.97 Å². The molecule has 354 valence electrons. The summed E-state index contributed by atoms with van der Waals surface area (Å²) in [6.45, 7) is 6.32. The molecule has 61 heavy (non-hydrogen) atoms. The van der Waals surface area contributed by atoms with E-state index in [1.54, 1.807) is 0 Å². The number of allylic oxidation sites excluding steroid dienone is 10. The molecular weight excluding hydrogens is 755 g/mol. The van der Waals surface area contributed by atoms with E-state index in [-0.39, 0.29) is 24.9 Å². The average Bonchev–Trinajstić information content (AvgIpc) is 3.25. The van der Waals surface area contributed by atoms with Gasteiger partial charge in [0.25, 0.3) is 0 Å². The summed E-state index contributed by atoms with van der Waals surface area (Å²) in [7, 11) is 0. The van der Waals surface area contributed by atoms with Crippen molar-refractivity contribution in [1.82, 2.24) is 5.32 Å². The van der Waals surface area contributed by atoms with Crippen LogP contribution in [0, 0.1) is 0 Å². The lowest BCUT2D eigenvalue weighted by molar-refractivity contribution is -0.151. The molecule has 0 heterocycles. The fourth-order valence-corrected chi connectivity index (χ4v) is 7.73. The number of esters is 1. The van der Waals surface area contributed by atoms with Crippen LogP contribution in [0.2, 0.25) is 0 Å². The molecule has 0 aromatic carbocycles. The van der Waals surface area contributed by atoms with Crippen LogP contribution in [0.15, 0.2) is 60.8 Å². The highest BCUT2D eigenvalue weighted by Gasteiger charge is 2.24. The first kappa shape index (κ1) is 58.6. The van der Waals surface area contributed by atoms with E-state index in [9.17, 15) is 19.8 Å². The van der Waals surface area contributed by atoms with Crippen LogP contribution in [0.1, 0.15) is 252 Å². The molecule has 0 aliphatic carbocycles. The molecule has 0 aliphatic heterocycles. The highest BCUT2D eigenvalue weighted by Crippen LogP contribution is 2.18. The second-order valence-electron chi connectivity index (χ2n) is 17.6. The zero-order chi connectivity index (χ0) is 44.5. The molecule has 0 spiro atoms. The Morgan fingerprint density at radius 1 is 0.492 bits per heavy atom. The summed E-state index contributed by atoms with van der Waals surface area (Å²) in [4.78, 5) is 26.1. The van der Waals surface area contributed by atoms with Gasteiger partial charge < -0.3 is 20.3 Å². The van der Waals surface area contributed by atoms with Gasteiger partial charge in [-0.15, -0.1) is 0 Å². The number of aliphatic hydroxyl groups excluding tert-OH is 2. The Bertz CT molecular complexity index is 1090. The topological polar surface area (TPSA) is 95.9 Å². The van der Waals surface area contributed by atoms with Crippen molar-refractivity contribution in [2.45, 2.75) is 270 Å². The first-order valence-corrected chi connectivity index (χ1v) is 26.1. The molecule has 0 saturated heterocycles. The number of amides is 1. The highest BCUT2D eigenvalue weighted by molar-refractivity contribution is 5.77. The van der Waals surface area contributed by atoms with Gasteiger partial charge in [-0.3, -0.25) is 9.59 Å². The second-order valence-corrected chi connectivity index (χ2v) is 17.6. The monoisotopic (exact) mass is 854 g/mol. The standard InChI is InChI=1S/C55H99NO5/c1-4-7-10-13-16-19-22-25-26-27-28-30-32-35-38-41-44-47-53(58)52(50-57)56-54(59)49-51(46-43-40-37-34-31-29-23-20-17-14-11-8-5-2)61-55(60)48-45-42-39-36-33-24-21-18-15-12-9-6-3/h8,11,14,17-18,20-21,23,29,31,51-53,57-58H,4-7,9-10,12-13,15-16,19,22,24-28,30,32-50H2,1-3H3,(H,56,59)/b11-8+,17-14+,21-18-,23-20+,31-29-. The van der Waals surface area contributed by atoms with Crippen LogP contribution in [0.4, 0.5) is 0 Å². The van der Waals surface area contributed by atoms with E-state index in [4.69, 9.17) is 4.74 Å². The largest absolute Gasteiger partial charge is 0.462 e. The van der Waals surface area contributed by atoms with Crippen LogP contribution < -0.4 is 5.32 Å². The Labute approximate surface area is 378 Å². The van der Waals surface area contributed by atoms with Crippen LogP contribution in [-0.2, 0) is 14.3 Å². The third kappa shape index (κ3) is 44.0. The van der Waals surface area contributed by atoms with E-state index in [1.807, 2.05) is 24.3 Å². The van der Waals surface area contributed by atoms with Gasteiger partial charge in [0.15, 0.2) is 0 Å². The minimum Gasteiger partial charge on any atom is -0.462 e. The molecular formula is C55H99NO5. The molecule has 0 radical (unpaired) electrons. The Kier molecular flexibility index (Phi) is 46.6. The number of nitrogens with one attached hydrogen (secondary N) is 1. The van der Waals surface area contributed by atoms with Gasteiger partial charge in [-0.1, -0.05) is 229 Å². The Hall–Kier alpha value is -2.44. The number of carbonyl (C=O) groups is 2. The summed E-state index contributed by atoms with van der Waals surface area (Å²) in [5.74, 6) is -0.522. The molecule has 0 aromatic heterocycles. The summed E-state index contributed by atoms with van der Waals surface area (Å²) in [6, 6.07) is -0.717. The Morgan fingerprint density at radius 3 is 1.44 bits per heavy atom. The van der Waals surface area contributed by atoms with Crippen molar-refractivity contribution in [3.8, 4) is 0 Å². The van der Waals surface area contributed by atoms with Gasteiger partial charge in [0, 0.05) is 6.42 Å². The van der Waals surface area contributed by atoms with Gasteiger partial charge in [0.1, 0.15) is 6.10 Å². The summed E-state index contributed by atoms with van der Waals surface area (Å²) < 4.78 is 5.90. The predicted molar refractivity (Wildman–Crippen MR) is 264 cm³/mol. The summed E-state index contributed by atoms with van der Waals surface area (Å²) in [5, 5.41) is 23.8. The van der Waals surface area contributed by atoms with E-state index >= 15 is 0 Å². The highest BCUT2D eigenvalue weighted by atomic mass is 16.5. The van der Waals surface area contributed by atoms with Crippen molar-refractivity contribution in [1.29, 1.82) is 0 Å². The number of ether oxygens (including phenoxy) is 1. The third-order valence-electron chi connectivity index (χ3n) is 11.7. The van der Waals surface area contributed by atoms with E-state index < -0.39 is 18.2 Å². The number of hydrogen-bond acceptors (Lipinski definition) is 5. The molecule has 6 heteroatoms. The Balaban J connectivity index is 4.56. The number of hydrogen-bond donors (Lipinski definition) is 3. The molecule has 0 aromatic rings. The molecule has 0 aliphatic rings. The molecule has 3 atom stereocenters. The predicted octanol–water partition coefficient (Wildman–Crippen LogP) is 15.6. The molecule has 6 nitrogen and oxygen atoms in total. The molecule has 0 rings (SSSR count). The van der Waals surface area contributed by atoms with E-state index in [1.165, 1.54) is 128 Å². The maximum Gasteiger partial charge on any atom is 0.306 e. The van der Waals surface area contributed by atoms with Crippen molar-refractivity contribution in [2.24, 2.45) is 0 Å². The van der Waals surface area contributed by atoms with Crippen molar-refractivity contribution in [3.05, 3.63) is 60.8 Å². The molecule has 1 amide bonds. The summed E-state index contributed by atoms with van der Waals surface area (Å²) in [5.41, 5.74) is 0. The minimum absolute atomic E-state index is 0.0473. The molecule has 3 N–H and O–H groups in total. The van der Waals surface area contributed by atoms with Crippen molar-refractivity contribution in [2.75, 3.05) is 6.61 Å². The third-order valence-corrected chi connectivity index (χ3v) is 11.7. The van der Waals surface area contributed by atoms with Gasteiger partial charge in [-0.25, -0.2) is 0 Å². The lowest BCUT2D eigenvalue weighted by Crippen LogP contribution is -2.46. The zero-order valence-electron chi connectivity index (χ0n) is 40.3. The van der Waals surface area contributed by atoms with Crippen LogP contribution in [0.25, 0.3) is 0 Å². The summed E-state index contributed by atoms with van der Waals surface area (Å²) in [6.07, 6.45) is 60.0. The molecule has 0 saturated carbocycles. The smallest absolute Gasteiger partial charge is 0.306 e. The number of carbonyl (C=O) groups excluding carboxylic acids is 2. The Morgan fingerprint density at radius 2 is 0.902 bits per heavy atom. The maximum atomic E-state index is 13.2.